The van der Waals surface area contributed by atoms with E-state index in [0.29, 0.717) is 39.9 Å². The molecule has 190 valence electrons. The van der Waals surface area contributed by atoms with Crippen molar-refractivity contribution in [2.45, 2.75) is 0 Å². The Kier molecular flexibility index (Phi) is 7.80. The van der Waals surface area contributed by atoms with E-state index in [1.807, 2.05) is 0 Å². The van der Waals surface area contributed by atoms with Crippen LogP contribution in [0, 0.1) is 17.1 Å². The molecule has 0 bridgehead atoms. The van der Waals surface area contributed by atoms with Crippen molar-refractivity contribution in [3.05, 3.63) is 76.4 Å². The minimum atomic E-state index is -3.65. The number of benzene rings is 2. The SMILES string of the molecule is CN(C)CCS(=O)(=O)Nc1cc(-c2ccc3ncc(C#N)c(Nc4ccc(F)c(Cl)c4)c3c2)cnc1Cl. The molecule has 0 spiro atoms. The van der Waals surface area contributed by atoms with E-state index in [1.54, 1.807) is 43.3 Å². The van der Waals surface area contributed by atoms with E-state index in [4.69, 9.17) is 23.2 Å². The fourth-order valence-electron chi connectivity index (χ4n) is 3.51. The van der Waals surface area contributed by atoms with Gasteiger partial charge in [-0.2, -0.15) is 5.26 Å². The van der Waals surface area contributed by atoms with Crippen LogP contribution in [0.15, 0.2) is 54.9 Å². The summed E-state index contributed by atoms with van der Waals surface area (Å²) in [5, 5.41) is 13.4. The van der Waals surface area contributed by atoms with Crippen molar-refractivity contribution in [3.63, 3.8) is 0 Å². The van der Waals surface area contributed by atoms with Crippen LogP contribution in [0.4, 0.5) is 21.5 Å². The Morgan fingerprint density at radius 3 is 2.54 bits per heavy atom. The molecule has 0 aliphatic heterocycles. The minimum absolute atomic E-state index is 0.0157. The Hall–Kier alpha value is -3.49. The van der Waals surface area contributed by atoms with E-state index < -0.39 is 15.8 Å². The van der Waals surface area contributed by atoms with Crippen LogP contribution in [0.1, 0.15) is 5.56 Å². The fraction of sp³-hybridized carbons (Fsp3) is 0.160. The lowest BCUT2D eigenvalue weighted by molar-refractivity contribution is 0.432. The molecule has 0 saturated heterocycles. The number of fused-ring (bicyclic) bond motifs is 1. The van der Waals surface area contributed by atoms with Crippen LogP contribution in [-0.4, -0.2) is 49.7 Å². The van der Waals surface area contributed by atoms with Crippen LogP contribution in [0.2, 0.25) is 10.2 Å². The van der Waals surface area contributed by atoms with E-state index in [2.05, 4.69) is 26.1 Å². The molecule has 4 rings (SSSR count). The van der Waals surface area contributed by atoms with Crippen molar-refractivity contribution in [2.24, 2.45) is 0 Å². The average molecular weight is 559 g/mol. The Labute approximate surface area is 223 Å². The lowest BCUT2D eigenvalue weighted by atomic mass is 10.0. The third-order valence-electron chi connectivity index (χ3n) is 5.42. The van der Waals surface area contributed by atoms with Gasteiger partial charge in [0.15, 0.2) is 5.15 Å². The highest BCUT2D eigenvalue weighted by Crippen LogP contribution is 2.34. The number of nitrogens with one attached hydrogen (secondary N) is 2. The molecule has 2 aromatic carbocycles. The maximum atomic E-state index is 13.6. The van der Waals surface area contributed by atoms with Gasteiger partial charge in [-0.1, -0.05) is 29.3 Å². The molecule has 0 fully saturated rings. The van der Waals surface area contributed by atoms with Gasteiger partial charge >= 0.3 is 0 Å². The first-order chi connectivity index (χ1) is 17.6. The number of hydrogen-bond acceptors (Lipinski definition) is 7. The summed E-state index contributed by atoms with van der Waals surface area (Å²) >= 11 is 12.1. The van der Waals surface area contributed by atoms with Crippen molar-refractivity contribution < 1.29 is 12.8 Å². The van der Waals surface area contributed by atoms with Gasteiger partial charge in [0.25, 0.3) is 0 Å². The zero-order valence-electron chi connectivity index (χ0n) is 19.8. The highest BCUT2D eigenvalue weighted by atomic mass is 35.5. The Morgan fingerprint density at radius 1 is 1.05 bits per heavy atom. The lowest BCUT2D eigenvalue weighted by Crippen LogP contribution is -2.26. The van der Waals surface area contributed by atoms with E-state index in [0.717, 1.165) is 0 Å². The van der Waals surface area contributed by atoms with Crippen molar-refractivity contribution in [2.75, 3.05) is 36.4 Å². The van der Waals surface area contributed by atoms with E-state index >= 15 is 0 Å². The third-order valence-corrected chi connectivity index (χ3v) is 7.26. The summed E-state index contributed by atoms with van der Waals surface area (Å²) in [4.78, 5) is 10.3. The highest BCUT2D eigenvalue weighted by Gasteiger charge is 2.16. The molecule has 0 radical (unpaired) electrons. The largest absolute Gasteiger partial charge is 0.354 e. The first-order valence-corrected chi connectivity index (χ1v) is 13.3. The lowest BCUT2D eigenvalue weighted by Gasteiger charge is -2.14. The molecule has 0 aliphatic rings. The van der Waals surface area contributed by atoms with Crippen LogP contribution >= 0.6 is 23.2 Å². The van der Waals surface area contributed by atoms with Gasteiger partial charge < -0.3 is 10.2 Å². The molecule has 2 aromatic heterocycles. The summed E-state index contributed by atoms with van der Waals surface area (Å²) in [6.45, 7) is 0.341. The van der Waals surface area contributed by atoms with E-state index in [-0.39, 0.29) is 27.2 Å². The van der Waals surface area contributed by atoms with Gasteiger partial charge in [0, 0.05) is 35.6 Å². The molecule has 8 nitrogen and oxygen atoms in total. The van der Waals surface area contributed by atoms with Gasteiger partial charge in [0.2, 0.25) is 10.0 Å². The molecular weight excluding hydrogens is 538 g/mol. The van der Waals surface area contributed by atoms with Gasteiger partial charge in [-0.25, -0.2) is 17.8 Å². The zero-order valence-corrected chi connectivity index (χ0v) is 22.1. The molecule has 2 N–H and O–H groups in total. The molecule has 0 amide bonds. The quantitative estimate of drug-likeness (QED) is 0.268. The molecule has 2 heterocycles. The standard InChI is InChI=1S/C25H21Cl2FN6O2S/c1-34(2)7-8-37(35,36)33-23-10-16(13-31-25(23)27)15-3-6-22-19(9-15)24(17(12-29)14-30-22)32-18-4-5-21(28)20(26)11-18/h3-6,9-11,13-14,33H,7-8H2,1-2H3,(H,30,32). The van der Waals surface area contributed by atoms with Crippen molar-refractivity contribution in [1.82, 2.24) is 14.9 Å². The van der Waals surface area contributed by atoms with Gasteiger partial charge in [-0.15, -0.1) is 0 Å². The Morgan fingerprint density at radius 2 is 1.84 bits per heavy atom. The zero-order chi connectivity index (χ0) is 26.7. The molecule has 0 unspecified atom stereocenters. The van der Waals surface area contributed by atoms with Gasteiger partial charge in [-0.05, 0) is 56.1 Å². The van der Waals surface area contributed by atoms with E-state index in [9.17, 15) is 18.1 Å². The molecule has 4 aromatic rings. The maximum Gasteiger partial charge on any atom is 0.234 e. The first kappa shape index (κ1) is 26.6. The van der Waals surface area contributed by atoms with Gasteiger partial charge in [0.1, 0.15) is 11.9 Å². The summed E-state index contributed by atoms with van der Waals surface area (Å²) in [6, 6.07) is 13.2. The number of pyridine rings is 2. The van der Waals surface area contributed by atoms with Crippen molar-refractivity contribution in [3.8, 4) is 17.2 Å². The number of nitrogens with zero attached hydrogens (tertiary/aromatic N) is 4. The summed E-state index contributed by atoms with van der Waals surface area (Å²) in [5.41, 5.74) is 3.25. The van der Waals surface area contributed by atoms with Crippen molar-refractivity contribution in [1.29, 1.82) is 5.26 Å². The molecule has 37 heavy (non-hydrogen) atoms. The summed E-state index contributed by atoms with van der Waals surface area (Å²) < 4.78 is 41.2. The molecule has 0 aliphatic carbocycles. The minimum Gasteiger partial charge on any atom is -0.354 e. The molecule has 0 saturated carbocycles. The topological polar surface area (TPSA) is 111 Å². The number of anilines is 3. The summed E-state index contributed by atoms with van der Waals surface area (Å²) in [5.74, 6) is -0.667. The predicted octanol–water partition coefficient (Wildman–Crippen LogP) is 5.66. The summed E-state index contributed by atoms with van der Waals surface area (Å²) in [6.07, 6.45) is 2.97. The van der Waals surface area contributed by atoms with Crippen molar-refractivity contribution >= 4 is 61.2 Å². The Balaban J connectivity index is 1.75. The molecule has 0 atom stereocenters. The van der Waals surface area contributed by atoms with Crippen LogP contribution in [-0.2, 0) is 10.0 Å². The second-order valence-corrected chi connectivity index (χ2v) is 11.0. The molecule has 12 heteroatoms. The van der Waals surface area contributed by atoms with Gasteiger partial charge in [-0.3, -0.25) is 9.71 Å². The monoisotopic (exact) mass is 558 g/mol. The number of nitriles is 1. The first-order valence-electron chi connectivity index (χ1n) is 10.9. The van der Waals surface area contributed by atoms with Gasteiger partial charge in [0.05, 0.1) is 33.2 Å². The fourth-order valence-corrected chi connectivity index (χ4v) is 5.09. The van der Waals surface area contributed by atoms with Crippen LogP contribution in [0.25, 0.3) is 22.0 Å². The number of rotatable bonds is 8. The average Bonchev–Trinajstić information content (AvgIpc) is 2.86. The predicted molar refractivity (Wildman–Crippen MR) is 145 cm³/mol. The van der Waals surface area contributed by atoms with Crippen LogP contribution < -0.4 is 10.0 Å². The maximum absolute atomic E-state index is 13.6. The third kappa shape index (κ3) is 6.26. The van der Waals surface area contributed by atoms with Crippen LogP contribution in [0.5, 0.6) is 0 Å². The molecular formula is C25H21Cl2FN6O2S. The summed E-state index contributed by atoms with van der Waals surface area (Å²) in [7, 11) is -0.0874. The second kappa shape index (κ2) is 10.9. The van der Waals surface area contributed by atoms with E-state index in [1.165, 1.54) is 30.6 Å². The Bertz CT molecular complexity index is 1640. The second-order valence-electron chi connectivity index (χ2n) is 8.43. The number of aromatic nitrogens is 2. The number of hydrogen-bond donors (Lipinski definition) is 2. The normalized spacial score (nSPS) is 11.5. The number of sulfonamides is 1. The highest BCUT2D eigenvalue weighted by molar-refractivity contribution is 7.92. The number of halogens is 3. The smallest absolute Gasteiger partial charge is 0.234 e. The van der Waals surface area contributed by atoms with Crippen LogP contribution in [0.3, 0.4) is 0 Å².